The SMILES string of the molecule is NCCCCCCC(=O)Nc1ccccc1N1CCCCCC1. The first-order chi connectivity index (χ1) is 11.3. The van der Waals surface area contributed by atoms with Crippen molar-refractivity contribution in [2.24, 2.45) is 5.73 Å². The number of amides is 1. The van der Waals surface area contributed by atoms with Crippen molar-refractivity contribution in [3.63, 3.8) is 0 Å². The first kappa shape index (κ1) is 17.8. The highest BCUT2D eigenvalue weighted by molar-refractivity contribution is 5.94. The van der Waals surface area contributed by atoms with Crippen molar-refractivity contribution in [2.45, 2.75) is 57.8 Å². The smallest absolute Gasteiger partial charge is 0.224 e. The highest BCUT2D eigenvalue weighted by Gasteiger charge is 2.14. The molecule has 0 radical (unpaired) electrons. The Kier molecular flexibility index (Phi) is 7.95. The maximum atomic E-state index is 12.2. The van der Waals surface area contributed by atoms with Gasteiger partial charge in [0.25, 0.3) is 0 Å². The molecule has 23 heavy (non-hydrogen) atoms. The third-order valence-electron chi connectivity index (χ3n) is 4.48. The number of carbonyl (C=O) groups excluding carboxylic acids is 1. The molecular weight excluding hydrogens is 286 g/mol. The zero-order valence-electron chi connectivity index (χ0n) is 14.2. The summed E-state index contributed by atoms with van der Waals surface area (Å²) in [5.74, 6) is 0.125. The van der Waals surface area contributed by atoms with Gasteiger partial charge in [-0.15, -0.1) is 0 Å². The molecule has 0 unspecified atom stereocenters. The third kappa shape index (κ3) is 6.22. The topological polar surface area (TPSA) is 58.4 Å². The van der Waals surface area contributed by atoms with Crippen molar-refractivity contribution in [1.82, 2.24) is 0 Å². The van der Waals surface area contributed by atoms with Gasteiger partial charge in [-0.3, -0.25) is 4.79 Å². The van der Waals surface area contributed by atoms with E-state index in [1.54, 1.807) is 0 Å². The molecule has 0 bridgehead atoms. The van der Waals surface area contributed by atoms with Crippen LogP contribution in [0.3, 0.4) is 0 Å². The Morgan fingerprint density at radius 1 is 1.00 bits per heavy atom. The fourth-order valence-corrected chi connectivity index (χ4v) is 3.16. The summed E-state index contributed by atoms with van der Waals surface area (Å²) < 4.78 is 0. The van der Waals surface area contributed by atoms with Crippen molar-refractivity contribution in [3.8, 4) is 0 Å². The van der Waals surface area contributed by atoms with Gasteiger partial charge in [0.05, 0.1) is 11.4 Å². The zero-order chi connectivity index (χ0) is 16.3. The molecule has 1 fully saturated rings. The molecule has 0 atom stereocenters. The van der Waals surface area contributed by atoms with Gasteiger partial charge in [0.15, 0.2) is 0 Å². The zero-order valence-corrected chi connectivity index (χ0v) is 14.2. The molecule has 1 saturated heterocycles. The van der Waals surface area contributed by atoms with Crippen molar-refractivity contribution in [2.75, 3.05) is 29.9 Å². The summed E-state index contributed by atoms with van der Waals surface area (Å²) in [6, 6.07) is 8.20. The molecule has 0 spiro atoms. The number of para-hydroxylation sites is 2. The number of anilines is 2. The predicted molar refractivity (Wildman–Crippen MR) is 97.9 cm³/mol. The van der Waals surface area contributed by atoms with Crippen LogP contribution < -0.4 is 16.0 Å². The molecule has 1 heterocycles. The number of rotatable bonds is 8. The molecule has 0 aliphatic carbocycles. The van der Waals surface area contributed by atoms with Gasteiger partial charge in [-0.1, -0.05) is 37.8 Å². The average molecular weight is 317 g/mol. The second kappa shape index (κ2) is 10.3. The Labute approximate surface area is 140 Å². The van der Waals surface area contributed by atoms with E-state index in [0.29, 0.717) is 6.42 Å². The van der Waals surface area contributed by atoms with Crippen LogP contribution in [0.1, 0.15) is 57.8 Å². The monoisotopic (exact) mass is 317 g/mol. The van der Waals surface area contributed by atoms with E-state index in [2.05, 4.69) is 22.3 Å². The van der Waals surface area contributed by atoms with Crippen molar-refractivity contribution >= 4 is 17.3 Å². The van der Waals surface area contributed by atoms with Crippen LogP contribution in [-0.4, -0.2) is 25.5 Å². The molecule has 1 amide bonds. The molecule has 3 N–H and O–H groups in total. The minimum Gasteiger partial charge on any atom is -0.370 e. The van der Waals surface area contributed by atoms with Crippen LogP contribution in [0.4, 0.5) is 11.4 Å². The van der Waals surface area contributed by atoms with Crippen molar-refractivity contribution in [1.29, 1.82) is 0 Å². The highest BCUT2D eigenvalue weighted by atomic mass is 16.1. The minimum atomic E-state index is 0.125. The van der Waals surface area contributed by atoms with E-state index in [9.17, 15) is 4.79 Å². The number of nitrogens with two attached hydrogens (primary N) is 1. The lowest BCUT2D eigenvalue weighted by atomic mass is 10.1. The Hall–Kier alpha value is -1.55. The van der Waals surface area contributed by atoms with Gasteiger partial charge in [0, 0.05) is 19.5 Å². The van der Waals surface area contributed by atoms with Gasteiger partial charge in [-0.05, 0) is 44.4 Å². The number of carbonyl (C=O) groups is 1. The summed E-state index contributed by atoms with van der Waals surface area (Å²) in [6.07, 6.45) is 9.90. The fraction of sp³-hybridized carbons (Fsp3) is 0.632. The van der Waals surface area contributed by atoms with E-state index in [4.69, 9.17) is 5.73 Å². The van der Waals surface area contributed by atoms with Gasteiger partial charge in [0.2, 0.25) is 5.91 Å². The van der Waals surface area contributed by atoms with E-state index in [1.807, 2.05) is 12.1 Å². The molecule has 1 aliphatic rings. The van der Waals surface area contributed by atoms with E-state index < -0.39 is 0 Å². The largest absolute Gasteiger partial charge is 0.370 e. The number of benzene rings is 1. The van der Waals surface area contributed by atoms with E-state index >= 15 is 0 Å². The number of hydrogen-bond acceptors (Lipinski definition) is 3. The van der Waals surface area contributed by atoms with Gasteiger partial charge >= 0.3 is 0 Å². The van der Waals surface area contributed by atoms with Crippen LogP contribution in [0.15, 0.2) is 24.3 Å². The Morgan fingerprint density at radius 3 is 2.43 bits per heavy atom. The van der Waals surface area contributed by atoms with Crippen LogP contribution in [0, 0.1) is 0 Å². The second-order valence-electron chi connectivity index (χ2n) is 6.42. The van der Waals surface area contributed by atoms with Crippen LogP contribution in [0.25, 0.3) is 0 Å². The van der Waals surface area contributed by atoms with Crippen LogP contribution in [0.5, 0.6) is 0 Å². The van der Waals surface area contributed by atoms with Crippen LogP contribution >= 0.6 is 0 Å². The number of unbranched alkanes of at least 4 members (excludes halogenated alkanes) is 3. The van der Waals surface area contributed by atoms with Gasteiger partial charge < -0.3 is 16.0 Å². The number of nitrogens with zero attached hydrogens (tertiary/aromatic N) is 1. The third-order valence-corrected chi connectivity index (χ3v) is 4.48. The standard InChI is InChI=1S/C19H31N3O/c20-14-8-2-1-5-13-19(23)21-17-11-6-7-12-18(17)22-15-9-3-4-10-16-22/h6-7,11-12H,1-5,8-10,13-16,20H2,(H,21,23). The van der Waals surface area contributed by atoms with Crippen LogP contribution in [-0.2, 0) is 4.79 Å². The Balaban J connectivity index is 1.87. The average Bonchev–Trinajstić information content (AvgIpc) is 2.84. The molecular formula is C19H31N3O. The van der Waals surface area contributed by atoms with Crippen molar-refractivity contribution in [3.05, 3.63) is 24.3 Å². The molecule has 4 heteroatoms. The number of nitrogens with one attached hydrogen (secondary N) is 1. The number of hydrogen-bond donors (Lipinski definition) is 2. The summed E-state index contributed by atoms with van der Waals surface area (Å²) in [5, 5.41) is 3.11. The van der Waals surface area contributed by atoms with Gasteiger partial charge in [-0.2, -0.15) is 0 Å². The summed E-state index contributed by atoms with van der Waals surface area (Å²) >= 11 is 0. The lowest BCUT2D eigenvalue weighted by Crippen LogP contribution is -2.25. The molecule has 1 aromatic carbocycles. The summed E-state index contributed by atoms with van der Waals surface area (Å²) in [7, 11) is 0. The van der Waals surface area contributed by atoms with Crippen LogP contribution in [0.2, 0.25) is 0 Å². The Bertz CT molecular complexity index is 467. The second-order valence-corrected chi connectivity index (χ2v) is 6.42. The highest BCUT2D eigenvalue weighted by Crippen LogP contribution is 2.28. The molecule has 1 aromatic rings. The molecule has 1 aliphatic heterocycles. The molecule has 0 saturated carbocycles. The van der Waals surface area contributed by atoms with Gasteiger partial charge in [0.1, 0.15) is 0 Å². The lowest BCUT2D eigenvalue weighted by molar-refractivity contribution is -0.116. The molecule has 128 valence electrons. The van der Waals surface area contributed by atoms with Crippen molar-refractivity contribution < 1.29 is 4.79 Å². The summed E-state index contributed by atoms with van der Waals surface area (Å²) in [6.45, 7) is 2.92. The first-order valence-electron chi connectivity index (χ1n) is 9.15. The quantitative estimate of drug-likeness (QED) is 0.715. The first-order valence-corrected chi connectivity index (χ1v) is 9.15. The molecule has 4 nitrogen and oxygen atoms in total. The lowest BCUT2D eigenvalue weighted by Gasteiger charge is -2.25. The molecule has 2 rings (SSSR count). The summed E-state index contributed by atoms with van der Waals surface area (Å²) in [5.41, 5.74) is 7.62. The minimum absolute atomic E-state index is 0.125. The van der Waals surface area contributed by atoms with E-state index in [0.717, 1.165) is 51.0 Å². The summed E-state index contributed by atoms with van der Waals surface area (Å²) in [4.78, 5) is 14.6. The fourth-order valence-electron chi connectivity index (χ4n) is 3.16. The van der Waals surface area contributed by atoms with Gasteiger partial charge in [-0.25, -0.2) is 0 Å². The van der Waals surface area contributed by atoms with E-state index in [1.165, 1.54) is 31.4 Å². The predicted octanol–water partition coefficient (Wildman–Crippen LogP) is 3.91. The normalized spacial score (nSPS) is 15.3. The maximum Gasteiger partial charge on any atom is 0.224 e. The maximum absolute atomic E-state index is 12.2. The Morgan fingerprint density at radius 2 is 1.70 bits per heavy atom. The van der Waals surface area contributed by atoms with E-state index in [-0.39, 0.29) is 5.91 Å². The molecule has 0 aromatic heterocycles.